The molecule has 0 saturated heterocycles. The van der Waals surface area contributed by atoms with Gasteiger partial charge in [0.2, 0.25) is 0 Å². The van der Waals surface area contributed by atoms with Gasteiger partial charge < -0.3 is 10.1 Å². The summed E-state index contributed by atoms with van der Waals surface area (Å²) in [6.07, 6.45) is 3.80. The highest BCUT2D eigenvalue weighted by Crippen LogP contribution is 2.34. The molecule has 21 heavy (non-hydrogen) atoms. The van der Waals surface area contributed by atoms with E-state index < -0.39 is 0 Å². The molecule has 1 N–H and O–H groups in total. The number of benzene rings is 1. The predicted molar refractivity (Wildman–Crippen MR) is 90.2 cm³/mol. The van der Waals surface area contributed by atoms with Gasteiger partial charge in [-0.05, 0) is 62.3 Å². The first-order chi connectivity index (χ1) is 10.0. The summed E-state index contributed by atoms with van der Waals surface area (Å²) in [6, 6.07) is 6.47. The zero-order valence-electron chi connectivity index (χ0n) is 13.7. The van der Waals surface area contributed by atoms with Gasteiger partial charge in [0, 0.05) is 6.04 Å². The fourth-order valence-electron chi connectivity index (χ4n) is 3.26. The number of aryl methyl sites for hydroxylation is 1. The lowest BCUT2D eigenvalue weighted by atomic mass is 9.78. The molecule has 0 bridgehead atoms. The van der Waals surface area contributed by atoms with Crippen LogP contribution < -0.4 is 10.1 Å². The summed E-state index contributed by atoms with van der Waals surface area (Å²) in [7, 11) is 0. The minimum atomic E-state index is 0.214. The van der Waals surface area contributed by atoms with Crippen molar-refractivity contribution in [3.8, 4) is 5.75 Å². The van der Waals surface area contributed by atoms with Crippen molar-refractivity contribution in [3.05, 3.63) is 28.8 Å². The highest BCUT2D eigenvalue weighted by atomic mass is 35.5. The fourth-order valence-corrected chi connectivity index (χ4v) is 3.54. The van der Waals surface area contributed by atoms with Crippen molar-refractivity contribution in [1.82, 2.24) is 5.32 Å². The van der Waals surface area contributed by atoms with Crippen LogP contribution in [0.4, 0.5) is 0 Å². The topological polar surface area (TPSA) is 21.3 Å². The van der Waals surface area contributed by atoms with E-state index in [1.807, 2.05) is 19.1 Å². The molecule has 0 amide bonds. The van der Waals surface area contributed by atoms with Gasteiger partial charge in [-0.2, -0.15) is 0 Å². The van der Waals surface area contributed by atoms with E-state index in [9.17, 15) is 0 Å². The lowest BCUT2D eigenvalue weighted by Crippen LogP contribution is -2.47. The Morgan fingerprint density at radius 2 is 2.10 bits per heavy atom. The molecule has 1 saturated carbocycles. The van der Waals surface area contributed by atoms with Crippen LogP contribution >= 0.6 is 11.6 Å². The molecule has 1 aromatic rings. The summed E-state index contributed by atoms with van der Waals surface area (Å²) in [5.41, 5.74) is 1.17. The Labute approximate surface area is 134 Å². The monoisotopic (exact) mass is 309 g/mol. The molecular weight excluding hydrogens is 282 g/mol. The molecule has 3 atom stereocenters. The lowest BCUT2D eigenvalue weighted by Gasteiger charge is -2.38. The molecule has 1 aliphatic carbocycles. The van der Waals surface area contributed by atoms with Crippen LogP contribution in [0.15, 0.2) is 18.2 Å². The quantitative estimate of drug-likeness (QED) is 0.841. The van der Waals surface area contributed by atoms with Gasteiger partial charge in [-0.15, -0.1) is 0 Å². The zero-order valence-corrected chi connectivity index (χ0v) is 14.4. The maximum Gasteiger partial charge on any atom is 0.138 e. The van der Waals surface area contributed by atoms with Gasteiger partial charge in [0.1, 0.15) is 11.9 Å². The van der Waals surface area contributed by atoms with Crippen LogP contribution in [0.25, 0.3) is 0 Å². The molecule has 0 radical (unpaired) electrons. The van der Waals surface area contributed by atoms with Gasteiger partial charge in [0.25, 0.3) is 0 Å². The second-order valence-electron chi connectivity index (χ2n) is 6.57. The van der Waals surface area contributed by atoms with Crippen LogP contribution in [0.2, 0.25) is 5.02 Å². The van der Waals surface area contributed by atoms with Gasteiger partial charge in [0.15, 0.2) is 0 Å². The first-order valence-corrected chi connectivity index (χ1v) is 8.55. The largest absolute Gasteiger partial charge is 0.487 e. The minimum Gasteiger partial charge on any atom is -0.487 e. The van der Waals surface area contributed by atoms with E-state index in [-0.39, 0.29) is 6.10 Å². The van der Waals surface area contributed by atoms with E-state index in [4.69, 9.17) is 16.3 Å². The van der Waals surface area contributed by atoms with Gasteiger partial charge >= 0.3 is 0 Å². The molecular formula is C18H28ClNO. The maximum atomic E-state index is 6.33. The number of nitrogens with one attached hydrogen (secondary N) is 1. The van der Waals surface area contributed by atoms with Crippen LogP contribution in [0.5, 0.6) is 5.75 Å². The number of hydrogen-bond donors (Lipinski definition) is 1. The fraction of sp³-hybridized carbons (Fsp3) is 0.667. The second-order valence-corrected chi connectivity index (χ2v) is 6.98. The van der Waals surface area contributed by atoms with Crippen molar-refractivity contribution in [2.45, 2.75) is 59.1 Å². The van der Waals surface area contributed by atoms with E-state index in [1.54, 1.807) is 0 Å². The molecule has 0 aromatic heterocycles. The highest BCUT2D eigenvalue weighted by Gasteiger charge is 2.33. The summed E-state index contributed by atoms with van der Waals surface area (Å²) >= 11 is 6.33. The molecule has 3 unspecified atom stereocenters. The Hall–Kier alpha value is -0.730. The molecule has 1 aromatic carbocycles. The third-order valence-corrected chi connectivity index (χ3v) is 4.90. The average molecular weight is 310 g/mol. The molecule has 0 aliphatic heterocycles. The maximum absolute atomic E-state index is 6.33. The molecule has 2 rings (SSSR count). The Kier molecular flexibility index (Phi) is 5.95. The smallest absolute Gasteiger partial charge is 0.138 e. The average Bonchev–Trinajstić information content (AvgIpc) is 2.43. The number of rotatable bonds is 5. The number of halogens is 1. The molecule has 1 fully saturated rings. The summed E-state index contributed by atoms with van der Waals surface area (Å²) in [5.74, 6) is 2.28. The van der Waals surface area contributed by atoms with Crippen molar-refractivity contribution >= 4 is 11.6 Å². The zero-order chi connectivity index (χ0) is 15.4. The van der Waals surface area contributed by atoms with Gasteiger partial charge in [-0.25, -0.2) is 0 Å². The van der Waals surface area contributed by atoms with E-state index in [2.05, 4.69) is 32.2 Å². The minimum absolute atomic E-state index is 0.214. The van der Waals surface area contributed by atoms with Crippen LogP contribution in [0.1, 0.15) is 45.6 Å². The Morgan fingerprint density at radius 3 is 2.71 bits per heavy atom. The van der Waals surface area contributed by atoms with Gasteiger partial charge in [-0.3, -0.25) is 0 Å². The molecule has 3 heteroatoms. The third-order valence-electron chi connectivity index (χ3n) is 4.61. The summed E-state index contributed by atoms with van der Waals surface area (Å²) in [6.45, 7) is 9.82. The van der Waals surface area contributed by atoms with Crippen LogP contribution in [-0.4, -0.2) is 18.7 Å². The van der Waals surface area contributed by atoms with Crippen LogP contribution in [0.3, 0.4) is 0 Å². The number of likely N-dealkylation sites (N-methyl/N-ethyl adjacent to an activating group) is 1. The first kappa shape index (κ1) is 16.6. The Balaban J connectivity index is 2.11. The summed E-state index contributed by atoms with van der Waals surface area (Å²) in [4.78, 5) is 0. The van der Waals surface area contributed by atoms with Crippen molar-refractivity contribution in [3.63, 3.8) is 0 Å². The predicted octanol–water partition coefficient (Wildman–Crippen LogP) is 4.83. The second kappa shape index (κ2) is 7.51. The van der Waals surface area contributed by atoms with Crippen molar-refractivity contribution in [1.29, 1.82) is 0 Å². The highest BCUT2D eigenvalue weighted by molar-refractivity contribution is 6.32. The molecule has 0 heterocycles. The normalized spacial score (nSPS) is 26.1. The first-order valence-electron chi connectivity index (χ1n) is 8.17. The van der Waals surface area contributed by atoms with Crippen molar-refractivity contribution in [2.75, 3.05) is 6.54 Å². The van der Waals surface area contributed by atoms with E-state index >= 15 is 0 Å². The van der Waals surface area contributed by atoms with E-state index in [0.29, 0.717) is 12.0 Å². The number of ether oxygens (including phenoxy) is 1. The van der Waals surface area contributed by atoms with E-state index in [1.165, 1.54) is 18.4 Å². The summed E-state index contributed by atoms with van der Waals surface area (Å²) < 4.78 is 6.29. The molecule has 2 nitrogen and oxygen atoms in total. The van der Waals surface area contributed by atoms with E-state index in [0.717, 1.165) is 29.7 Å². The molecule has 118 valence electrons. The van der Waals surface area contributed by atoms with Crippen molar-refractivity contribution < 1.29 is 4.74 Å². The lowest BCUT2D eigenvalue weighted by molar-refractivity contribution is 0.0726. The third kappa shape index (κ3) is 4.37. The Morgan fingerprint density at radius 1 is 1.33 bits per heavy atom. The standard InChI is InChI=1S/C18H28ClNO/c1-5-20-16-8-7-14(12(2)3)11-18(16)21-17-9-6-13(4)10-15(17)19/h6,9-10,12,14,16,18,20H,5,7-8,11H2,1-4H3. The van der Waals surface area contributed by atoms with Gasteiger partial charge in [-0.1, -0.05) is 38.4 Å². The SMILES string of the molecule is CCNC1CCC(C(C)C)CC1Oc1ccc(C)cc1Cl. The van der Waals surface area contributed by atoms with Gasteiger partial charge in [0.05, 0.1) is 5.02 Å². The van der Waals surface area contributed by atoms with Crippen molar-refractivity contribution in [2.24, 2.45) is 11.8 Å². The Bertz CT molecular complexity index is 461. The summed E-state index contributed by atoms with van der Waals surface area (Å²) in [5, 5.41) is 4.30. The molecule has 1 aliphatic rings. The van der Waals surface area contributed by atoms with Crippen LogP contribution in [0, 0.1) is 18.8 Å². The number of hydrogen-bond acceptors (Lipinski definition) is 2. The molecule has 0 spiro atoms. The van der Waals surface area contributed by atoms with Crippen LogP contribution in [-0.2, 0) is 0 Å².